The summed E-state index contributed by atoms with van der Waals surface area (Å²) in [5.74, 6) is 0.964. The molecule has 0 fully saturated rings. The Balaban J connectivity index is 1.96. The first kappa shape index (κ1) is 18.9. The lowest BCUT2D eigenvalue weighted by molar-refractivity contribution is -0.129. The van der Waals surface area contributed by atoms with Gasteiger partial charge in [0, 0.05) is 10.0 Å². The molecule has 0 atom stereocenters. The van der Waals surface area contributed by atoms with Crippen molar-refractivity contribution in [1.82, 2.24) is 0 Å². The van der Waals surface area contributed by atoms with Gasteiger partial charge in [-0.3, -0.25) is 0 Å². The van der Waals surface area contributed by atoms with Gasteiger partial charge in [0.25, 0.3) is 0 Å². The van der Waals surface area contributed by atoms with Crippen LogP contribution < -0.4 is 9.47 Å². The molecule has 0 aromatic heterocycles. The number of carbonyl (C=O) groups is 1. The first-order chi connectivity index (χ1) is 13.1. The number of ether oxygens (including phenoxy) is 3. The second kappa shape index (κ2) is 8.68. The maximum atomic E-state index is 12.2. The van der Waals surface area contributed by atoms with Gasteiger partial charge < -0.3 is 14.2 Å². The zero-order valence-corrected chi connectivity index (χ0v) is 16.4. The van der Waals surface area contributed by atoms with E-state index in [0.717, 1.165) is 15.6 Å². The van der Waals surface area contributed by atoms with Gasteiger partial charge in [-0.2, -0.15) is 0 Å². The van der Waals surface area contributed by atoms with E-state index in [4.69, 9.17) is 14.2 Å². The van der Waals surface area contributed by atoms with Crippen molar-refractivity contribution in [1.29, 1.82) is 0 Å². The van der Waals surface area contributed by atoms with Crippen LogP contribution in [0.2, 0.25) is 0 Å². The number of esters is 1. The maximum Gasteiger partial charge on any atom is 0.363 e. The van der Waals surface area contributed by atoms with Crippen molar-refractivity contribution in [2.75, 3.05) is 13.2 Å². The zero-order chi connectivity index (χ0) is 19.2. The van der Waals surface area contributed by atoms with Crippen molar-refractivity contribution in [2.24, 2.45) is 4.99 Å². The number of nitrogens with zero attached hydrogens (tertiary/aromatic N) is 1. The Morgan fingerprint density at radius 2 is 1.93 bits per heavy atom. The first-order valence-electron chi connectivity index (χ1n) is 8.40. The molecule has 0 saturated heterocycles. The molecule has 1 heterocycles. The highest BCUT2D eigenvalue weighted by Gasteiger charge is 2.24. The first-order valence-corrected chi connectivity index (χ1v) is 9.19. The molecular weight excluding hydrogens is 410 g/mol. The predicted octanol–water partition coefficient (Wildman–Crippen LogP) is 4.76. The number of rotatable bonds is 7. The van der Waals surface area contributed by atoms with Crippen molar-refractivity contribution in [3.05, 3.63) is 76.4 Å². The monoisotopic (exact) mass is 427 g/mol. The summed E-state index contributed by atoms with van der Waals surface area (Å²) in [5.41, 5.74) is 1.70. The summed E-state index contributed by atoms with van der Waals surface area (Å²) < 4.78 is 17.3. The van der Waals surface area contributed by atoms with E-state index >= 15 is 0 Å². The quantitative estimate of drug-likeness (QED) is 0.363. The number of halogens is 1. The van der Waals surface area contributed by atoms with Crippen LogP contribution in [0.15, 0.2) is 70.3 Å². The topological polar surface area (TPSA) is 57.1 Å². The summed E-state index contributed by atoms with van der Waals surface area (Å²) in [6.45, 7) is 6.39. The Morgan fingerprint density at radius 3 is 2.63 bits per heavy atom. The summed E-state index contributed by atoms with van der Waals surface area (Å²) in [4.78, 5) is 16.5. The minimum absolute atomic E-state index is 0.219. The molecule has 0 saturated carbocycles. The highest BCUT2D eigenvalue weighted by atomic mass is 79.9. The van der Waals surface area contributed by atoms with Crippen molar-refractivity contribution in [2.45, 2.75) is 6.92 Å². The van der Waals surface area contributed by atoms with Gasteiger partial charge in [-0.1, -0.05) is 46.8 Å². The fraction of sp³-hybridized carbons (Fsp3) is 0.143. The highest BCUT2D eigenvalue weighted by Crippen LogP contribution is 2.35. The summed E-state index contributed by atoms with van der Waals surface area (Å²) in [6.07, 6.45) is 3.32. The molecule has 2 aromatic rings. The van der Waals surface area contributed by atoms with Gasteiger partial charge in [0.1, 0.15) is 6.61 Å². The van der Waals surface area contributed by atoms with E-state index in [1.807, 2.05) is 37.3 Å². The predicted molar refractivity (Wildman–Crippen MR) is 108 cm³/mol. The Bertz CT molecular complexity index is 919. The SMILES string of the molecule is C=CCOc1cc(Br)c(/C=C2/N=C(c3ccccc3)OC2=O)cc1OCC. The molecule has 3 rings (SSSR count). The van der Waals surface area contributed by atoms with E-state index < -0.39 is 5.97 Å². The number of aliphatic imine (C=N–C) groups is 1. The summed E-state index contributed by atoms with van der Waals surface area (Å²) in [7, 11) is 0. The lowest BCUT2D eigenvalue weighted by Crippen LogP contribution is -2.05. The van der Waals surface area contributed by atoms with Crippen LogP contribution in [0.25, 0.3) is 6.08 Å². The van der Waals surface area contributed by atoms with E-state index in [1.54, 1.807) is 24.3 Å². The van der Waals surface area contributed by atoms with Gasteiger partial charge in [0.15, 0.2) is 17.2 Å². The maximum absolute atomic E-state index is 12.2. The van der Waals surface area contributed by atoms with Gasteiger partial charge in [0.2, 0.25) is 5.90 Å². The third-order valence-electron chi connectivity index (χ3n) is 3.65. The van der Waals surface area contributed by atoms with Gasteiger partial charge in [-0.05, 0) is 42.8 Å². The summed E-state index contributed by atoms with van der Waals surface area (Å²) in [5, 5.41) is 0. The van der Waals surface area contributed by atoms with Crippen LogP contribution in [0.5, 0.6) is 11.5 Å². The average molecular weight is 428 g/mol. The van der Waals surface area contributed by atoms with E-state index in [1.165, 1.54) is 0 Å². The van der Waals surface area contributed by atoms with E-state index in [0.29, 0.717) is 30.6 Å². The molecule has 0 bridgehead atoms. The molecule has 1 aliphatic heterocycles. The van der Waals surface area contributed by atoms with Gasteiger partial charge in [-0.15, -0.1) is 0 Å². The molecule has 2 aromatic carbocycles. The Labute approximate surface area is 166 Å². The molecule has 0 aliphatic carbocycles. The van der Waals surface area contributed by atoms with Crippen molar-refractivity contribution in [3.63, 3.8) is 0 Å². The molecule has 0 amide bonds. The Kier molecular flexibility index (Phi) is 6.08. The smallest absolute Gasteiger partial charge is 0.363 e. The van der Waals surface area contributed by atoms with Gasteiger partial charge in [0.05, 0.1) is 6.61 Å². The van der Waals surface area contributed by atoms with Crippen molar-refractivity contribution >= 4 is 33.9 Å². The molecule has 27 heavy (non-hydrogen) atoms. The second-order valence-corrected chi connectivity index (χ2v) is 6.41. The van der Waals surface area contributed by atoms with Crippen LogP contribution in [0.3, 0.4) is 0 Å². The molecular formula is C21H18BrNO4. The number of carbonyl (C=O) groups excluding carboxylic acids is 1. The molecule has 0 radical (unpaired) electrons. The second-order valence-electron chi connectivity index (χ2n) is 5.56. The van der Waals surface area contributed by atoms with Crippen LogP contribution >= 0.6 is 15.9 Å². The molecule has 1 aliphatic rings. The molecule has 5 nitrogen and oxygen atoms in total. The molecule has 0 N–H and O–H groups in total. The van der Waals surface area contributed by atoms with Crippen LogP contribution in [0, 0.1) is 0 Å². The number of benzene rings is 2. The third-order valence-corrected chi connectivity index (χ3v) is 4.34. The normalized spacial score (nSPS) is 14.7. The Morgan fingerprint density at radius 1 is 1.19 bits per heavy atom. The lowest BCUT2D eigenvalue weighted by atomic mass is 10.1. The highest BCUT2D eigenvalue weighted by molar-refractivity contribution is 9.10. The van der Waals surface area contributed by atoms with Crippen LogP contribution in [0.1, 0.15) is 18.1 Å². The zero-order valence-electron chi connectivity index (χ0n) is 14.8. The van der Waals surface area contributed by atoms with Crippen LogP contribution in [-0.4, -0.2) is 25.1 Å². The largest absolute Gasteiger partial charge is 0.490 e. The fourth-order valence-corrected chi connectivity index (χ4v) is 2.89. The van der Waals surface area contributed by atoms with Gasteiger partial charge in [-0.25, -0.2) is 9.79 Å². The molecule has 0 spiro atoms. The average Bonchev–Trinajstić information content (AvgIpc) is 3.04. The minimum Gasteiger partial charge on any atom is -0.490 e. The third kappa shape index (κ3) is 4.46. The Hall–Kier alpha value is -2.86. The van der Waals surface area contributed by atoms with Crippen LogP contribution in [-0.2, 0) is 9.53 Å². The number of cyclic esters (lactones) is 1. The summed E-state index contributed by atoms with van der Waals surface area (Å²) >= 11 is 3.51. The number of hydrogen-bond donors (Lipinski definition) is 0. The van der Waals surface area contributed by atoms with Crippen LogP contribution in [0.4, 0.5) is 0 Å². The minimum atomic E-state index is -0.495. The van der Waals surface area contributed by atoms with E-state index in [-0.39, 0.29) is 5.70 Å². The van der Waals surface area contributed by atoms with E-state index in [2.05, 4.69) is 27.5 Å². The fourth-order valence-electron chi connectivity index (χ4n) is 2.45. The standard InChI is InChI=1S/C21H18BrNO4/c1-3-10-26-19-13-16(22)15(12-18(19)25-4-2)11-17-21(24)27-20(23-17)14-8-6-5-7-9-14/h3,5-9,11-13H,1,4,10H2,2H3/b17-11+. The summed E-state index contributed by atoms with van der Waals surface area (Å²) in [6, 6.07) is 12.9. The number of hydrogen-bond acceptors (Lipinski definition) is 5. The lowest BCUT2D eigenvalue weighted by Gasteiger charge is -2.13. The van der Waals surface area contributed by atoms with Gasteiger partial charge >= 0.3 is 5.97 Å². The molecule has 138 valence electrons. The molecule has 0 unspecified atom stereocenters. The van der Waals surface area contributed by atoms with E-state index in [9.17, 15) is 4.79 Å². The molecule has 6 heteroatoms. The van der Waals surface area contributed by atoms with Crippen molar-refractivity contribution < 1.29 is 19.0 Å². The van der Waals surface area contributed by atoms with Crippen molar-refractivity contribution in [3.8, 4) is 11.5 Å².